The van der Waals surface area contributed by atoms with Crippen LogP contribution in [0.5, 0.6) is 0 Å². The fourth-order valence-corrected chi connectivity index (χ4v) is 4.19. The quantitative estimate of drug-likeness (QED) is 0.669. The summed E-state index contributed by atoms with van der Waals surface area (Å²) in [6.07, 6.45) is 1.91. The van der Waals surface area contributed by atoms with E-state index in [-0.39, 0.29) is 12.5 Å². The van der Waals surface area contributed by atoms with E-state index >= 15 is 0 Å². The van der Waals surface area contributed by atoms with Crippen LogP contribution in [-0.4, -0.2) is 41.2 Å². The summed E-state index contributed by atoms with van der Waals surface area (Å²) in [6.45, 7) is 2.07. The van der Waals surface area contributed by atoms with Crippen LogP contribution in [0.3, 0.4) is 0 Å². The van der Waals surface area contributed by atoms with Gasteiger partial charge in [-0.1, -0.05) is 38.0 Å². The second-order valence-electron chi connectivity index (χ2n) is 7.17. The Kier molecular flexibility index (Phi) is 6.32. The Hall–Kier alpha value is -2.74. The first-order valence-corrected chi connectivity index (χ1v) is 10.4. The van der Waals surface area contributed by atoms with Gasteiger partial charge in [-0.15, -0.1) is 11.3 Å². The summed E-state index contributed by atoms with van der Waals surface area (Å²) in [6, 6.07) is 8.78. The lowest BCUT2D eigenvalue weighted by Crippen LogP contribution is -2.45. The summed E-state index contributed by atoms with van der Waals surface area (Å²) >= 11 is 1.54. The lowest BCUT2D eigenvalue weighted by molar-refractivity contribution is -0.139. The van der Waals surface area contributed by atoms with Crippen molar-refractivity contribution in [3.05, 3.63) is 58.0 Å². The Labute approximate surface area is 173 Å². The van der Waals surface area contributed by atoms with Crippen LogP contribution < -0.4 is 5.32 Å². The average molecular weight is 418 g/mol. The Morgan fingerprint density at radius 2 is 1.97 bits per heavy atom. The molecule has 6 nitrogen and oxygen atoms in total. The number of unbranched alkanes of at least 4 members (excludes halogenated alkanes) is 1. The summed E-state index contributed by atoms with van der Waals surface area (Å²) < 4.78 is 13.4. The zero-order valence-electron chi connectivity index (χ0n) is 16.5. The smallest absolute Gasteiger partial charge is 0.325 e. The van der Waals surface area contributed by atoms with E-state index in [0.717, 1.165) is 16.2 Å². The van der Waals surface area contributed by atoms with Crippen molar-refractivity contribution in [3.63, 3.8) is 0 Å². The third-order valence-corrected chi connectivity index (χ3v) is 5.97. The summed E-state index contributed by atoms with van der Waals surface area (Å²) in [4.78, 5) is 42.0. The van der Waals surface area contributed by atoms with Crippen molar-refractivity contribution in [2.75, 3.05) is 13.6 Å². The Bertz CT molecular complexity index is 885. The SMILES string of the molecule is CCCCC1(c2ccc(F)cc2)NC(=O)N(CC(=O)N(C)Cc2cccs2)C1=O. The zero-order chi connectivity index (χ0) is 21.0. The average Bonchev–Trinajstić information content (AvgIpc) is 3.29. The molecule has 0 aliphatic carbocycles. The number of rotatable bonds is 8. The Morgan fingerprint density at radius 1 is 1.24 bits per heavy atom. The van der Waals surface area contributed by atoms with Gasteiger partial charge in [-0.2, -0.15) is 0 Å². The van der Waals surface area contributed by atoms with E-state index in [1.165, 1.54) is 40.5 Å². The van der Waals surface area contributed by atoms with Crippen molar-refractivity contribution in [2.24, 2.45) is 0 Å². The molecular weight excluding hydrogens is 393 g/mol. The van der Waals surface area contributed by atoms with Crippen molar-refractivity contribution in [3.8, 4) is 0 Å². The highest BCUT2D eigenvalue weighted by molar-refractivity contribution is 7.09. The molecule has 4 amide bonds. The van der Waals surface area contributed by atoms with Crippen LogP contribution in [0.4, 0.5) is 9.18 Å². The first-order chi connectivity index (χ1) is 13.9. The standard InChI is InChI=1S/C21H24FN3O3S/c1-3-4-11-21(15-7-9-16(22)10-8-15)19(27)25(20(28)23-21)14-18(26)24(2)13-17-6-5-12-29-17/h5-10,12H,3-4,11,13-14H2,1-2H3,(H,23,28). The van der Waals surface area contributed by atoms with E-state index in [4.69, 9.17) is 0 Å². The van der Waals surface area contributed by atoms with Gasteiger partial charge in [0.15, 0.2) is 0 Å². The largest absolute Gasteiger partial charge is 0.339 e. The number of imide groups is 1. The predicted molar refractivity (Wildman–Crippen MR) is 109 cm³/mol. The van der Waals surface area contributed by atoms with E-state index in [9.17, 15) is 18.8 Å². The summed E-state index contributed by atoms with van der Waals surface area (Å²) in [7, 11) is 1.64. The minimum Gasteiger partial charge on any atom is -0.339 e. The van der Waals surface area contributed by atoms with Crippen molar-refractivity contribution in [1.82, 2.24) is 15.1 Å². The van der Waals surface area contributed by atoms with Crippen molar-refractivity contribution >= 4 is 29.2 Å². The number of hydrogen-bond donors (Lipinski definition) is 1. The number of urea groups is 1. The molecular formula is C21H24FN3O3S. The minimum atomic E-state index is -1.27. The molecule has 154 valence electrons. The second kappa shape index (κ2) is 8.73. The third-order valence-electron chi connectivity index (χ3n) is 5.11. The number of benzene rings is 1. The monoisotopic (exact) mass is 417 g/mol. The molecule has 1 saturated heterocycles. The highest BCUT2D eigenvalue weighted by Crippen LogP contribution is 2.34. The van der Waals surface area contributed by atoms with Gasteiger partial charge in [0, 0.05) is 11.9 Å². The molecule has 1 N–H and O–H groups in total. The molecule has 0 spiro atoms. The van der Waals surface area contributed by atoms with Crippen LogP contribution in [-0.2, 0) is 21.7 Å². The number of thiophene rings is 1. The van der Waals surface area contributed by atoms with Crippen molar-refractivity contribution < 1.29 is 18.8 Å². The zero-order valence-corrected chi connectivity index (χ0v) is 17.3. The van der Waals surface area contributed by atoms with Crippen LogP contribution >= 0.6 is 11.3 Å². The van der Waals surface area contributed by atoms with E-state index in [1.54, 1.807) is 7.05 Å². The van der Waals surface area contributed by atoms with Crippen LogP contribution in [0.1, 0.15) is 36.6 Å². The minimum absolute atomic E-state index is 0.327. The lowest BCUT2D eigenvalue weighted by Gasteiger charge is -2.27. The normalized spacial score (nSPS) is 18.8. The molecule has 1 aromatic carbocycles. The molecule has 0 radical (unpaired) electrons. The third kappa shape index (κ3) is 4.32. The topological polar surface area (TPSA) is 69.7 Å². The number of nitrogens with one attached hydrogen (secondary N) is 1. The second-order valence-corrected chi connectivity index (χ2v) is 8.20. The van der Waals surface area contributed by atoms with Gasteiger partial charge < -0.3 is 10.2 Å². The Morgan fingerprint density at radius 3 is 2.59 bits per heavy atom. The molecule has 3 rings (SSSR count). The maximum Gasteiger partial charge on any atom is 0.325 e. The van der Waals surface area contributed by atoms with E-state index in [2.05, 4.69) is 5.32 Å². The summed E-state index contributed by atoms with van der Waals surface area (Å²) in [5.41, 5.74) is -0.750. The number of amides is 4. The van der Waals surface area contributed by atoms with Crippen molar-refractivity contribution in [2.45, 2.75) is 38.3 Å². The van der Waals surface area contributed by atoms with Crippen LogP contribution in [0.25, 0.3) is 0 Å². The summed E-state index contributed by atoms with van der Waals surface area (Å²) in [5, 5.41) is 4.70. The molecule has 2 heterocycles. The number of carbonyl (C=O) groups is 3. The highest BCUT2D eigenvalue weighted by Gasteiger charge is 2.52. The van der Waals surface area contributed by atoms with Gasteiger partial charge in [0.2, 0.25) is 5.91 Å². The molecule has 0 saturated carbocycles. The first kappa shape index (κ1) is 21.0. The Balaban J connectivity index is 1.80. The van der Waals surface area contributed by atoms with E-state index in [0.29, 0.717) is 24.9 Å². The maximum absolute atomic E-state index is 13.4. The summed E-state index contributed by atoms with van der Waals surface area (Å²) in [5.74, 6) is -1.22. The maximum atomic E-state index is 13.4. The van der Waals surface area contributed by atoms with Gasteiger partial charge in [0.05, 0.1) is 6.54 Å². The van der Waals surface area contributed by atoms with Gasteiger partial charge in [0.25, 0.3) is 5.91 Å². The number of halogens is 1. The fourth-order valence-electron chi connectivity index (χ4n) is 3.44. The van der Waals surface area contributed by atoms with Crippen LogP contribution in [0, 0.1) is 5.82 Å². The number of carbonyl (C=O) groups excluding carboxylic acids is 3. The van der Waals surface area contributed by atoms with E-state index < -0.39 is 23.3 Å². The predicted octanol–water partition coefficient (Wildman–Crippen LogP) is 3.48. The van der Waals surface area contributed by atoms with Crippen molar-refractivity contribution in [1.29, 1.82) is 0 Å². The first-order valence-electron chi connectivity index (χ1n) is 9.54. The van der Waals surface area contributed by atoms with E-state index in [1.807, 2.05) is 24.4 Å². The number of nitrogens with zero attached hydrogens (tertiary/aromatic N) is 2. The molecule has 8 heteroatoms. The molecule has 0 bridgehead atoms. The molecule has 1 fully saturated rings. The van der Waals surface area contributed by atoms with Crippen LogP contribution in [0.2, 0.25) is 0 Å². The highest BCUT2D eigenvalue weighted by atomic mass is 32.1. The molecule has 1 unspecified atom stereocenters. The van der Waals surface area contributed by atoms with Gasteiger partial charge in [0.1, 0.15) is 17.9 Å². The van der Waals surface area contributed by atoms with Gasteiger partial charge in [-0.3, -0.25) is 14.5 Å². The van der Waals surface area contributed by atoms with Gasteiger partial charge >= 0.3 is 6.03 Å². The molecule has 1 aliphatic rings. The van der Waals surface area contributed by atoms with Gasteiger partial charge in [-0.25, -0.2) is 9.18 Å². The molecule has 1 atom stereocenters. The van der Waals surface area contributed by atoms with Gasteiger partial charge in [-0.05, 0) is 35.6 Å². The number of hydrogen-bond acceptors (Lipinski definition) is 4. The molecule has 1 aromatic heterocycles. The molecule has 29 heavy (non-hydrogen) atoms. The number of likely N-dealkylation sites (N-methyl/N-ethyl adjacent to an activating group) is 1. The lowest BCUT2D eigenvalue weighted by atomic mass is 9.85. The molecule has 1 aliphatic heterocycles. The molecule has 2 aromatic rings. The van der Waals surface area contributed by atoms with Crippen LogP contribution in [0.15, 0.2) is 41.8 Å². The fraction of sp³-hybridized carbons (Fsp3) is 0.381.